The molecule has 12 heteroatoms. The van der Waals surface area contributed by atoms with Gasteiger partial charge in [0.15, 0.2) is 0 Å². The largest absolute Gasteiger partial charge is 0.573 e. The second kappa shape index (κ2) is 8.36. The van der Waals surface area contributed by atoms with Crippen molar-refractivity contribution in [3.05, 3.63) is 29.8 Å². The van der Waals surface area contributed by atoms with E-state index in [-0.39, 0.29) is 18.4 Å². The Morgan fingerprint density at radius 1 is 1.07 bits per heavy atom. The Morgan fingerprint density at radius 3 is 2.27 bits per heavy atom. The number of alkyl halides is 3. The number of carbonyl (C=O) groups excluding carboxylic acids is 1. The van der Waals surface area contributed by atoms with Crippen LogP contribution in [0.25, 0.3) is 0 Å². The molecule has 30 heavy (non-hydrogen) atoms. The lowest BCUT2D eigenvalue weighted by molar-refractivity contribution is -0.274. The van der Waals surface area contributed by atoms with Gasteiger partial charge >= 0.3 is 12.5 Å². The fourth-order valence-electron chi connectivity index (χ4n) is 2.91. The summed E-state index contributed by atoms with van der Waals surface area (Å²) in [5.74, 6) is 0.232. The van der Waals surface area contributed by atoms with Gasteiger partial charge in [0.05, 0.1) is 6.54 Å². The molecule has 0 atom stereocenters. The maximum absolute atomic E-state index is 12.3. The summed E-state index contributed by atoms with van der Waals surface area (Å²) in [4.78, 5) is 15.8. The zero-order valence-electron chi connectivity index (χ0n) is 16.9. The molecule has 164 valence electrons. The van der Waals surface area contributed by atoms with Crippen LogP contribution >= 0.6 is 0 Å². The minimum absolute atomic E-state index is 0.279. The van der Waals surface area contributed by atoms with E-state index in [0.717, 1.165) is 0 Å². The van der Waals surface area contributed by atoms with Crippen LogP contribution < -0.4 is 9.64 Å². The molecule has 0 saturated carbocycles. The molecule has 9 nitrogen and oxygen atoms in total. The lowest BCUT2D eigenvalue weighted by Crippen LogP contribution is -2.50. The summed E-state index contributed by atoms with van der Waals surface area (Å²) in [6.07, 6.45) is -5.09. The van der Waals surface area contributed by atoms with E-state index in [9.17, 15) is 18.0 Å². The van der Waals surface area contributed by atoms with E-state index in [1.165, 1.54) is 24.3 Å². The lowest BCUT2D eigenvalue weighted by Gasteiger charge is -2.35. The van der Waals surface area contributed by atoms with Crippen molar-refractivity contribution in [3.8, 4) is 5.75 Å². The summed E-state index contributed by atoms with van der Waals surface area (Å²) in [6.45, 7) is 7.71. The Morgan fingerprint density at radius 2 is 1.70 bits per heavy atom. The van der Waals surface area contributed by atoms with Crippen molar-refractivity contribution < 1.29 is 27.4 Å². The molecule has 1 saturated heterocycles. The lowest BCUT2D eigenvalue weighted by atomic mass is 10.2. The number of piperazine rings is 1. The number of hydrogen-bond acceptors (Lipinski definition) is 7. The van der Waals surface area contributed by atoms with Gasteiger partial charge in [-0.1, -0.05) is 17.2 Å². The fraction of sp³-hybridized carbons (Fsp3) is 0.556. The average molecular weight is 428 g/mol. The molecule has 1 aliphatic heterocycles. The minimum atomic E-state index is -4.73. The Bertz CT molecular complexity index is 855. The van der Waals surface area contributed by atoms with Crippen molar-refractivity contribution >= 4 is 12.0 Å². The third kappa shape index (κ3) is 5.97. The summed E-state index contributed by atoms with van der Waals surface area (Å²) in [5.41, 5.74) is 0.157. The molecule has 1 aromatic carbocycles. The number of halogens is 3. The summed E-state index contributed by atoms with van der Waals surface area (Å²) in [6, 6.07) is 5.53. The Kier molecular flexibility index (Phi) is 6.04. The Balaban J connectivity index is 1.59. The van der Waals surface area contributed by atoms with Gasteiger partial charge in [-0.3, -0.25) is 0 Å². The van der Waals surface area contributed by atoms with Crippen molar-refractivity contribution in [2.45, 2.75) is 39.3 Å². The van der Waals surface area contributed by atoms with E-state index < -0.39 is 12.0 Å². The normalized spacial score (nSPS) is 15.3. The molecule has 0 N–H and O–H groups in total. The molecule has 1 aliphatic rings. The Hall–Kier alpha value is -3.05. The van der Waals surface area contributed by atoms with Crippen molar-refractivity contribution in [1.29, 1.82) is 0 Å². The maximum atomic E-state index is 12.3. The van der Waals surface area contributed by atoms with Crippen LogP contribution in [-0.2, 0) is 11.3 Å². The number of amides is 1. The third-order valence-electron chi connectivity index (χ3n) is 4.22. The van der Waals surface area contributed by atoms with E-state index in [1.54, 1.807) is 9.58 Å². The summed E-state index contributed by atoms with van der Waals surface area (Å²) >= 11 is 0. The van der Waals surface area contributed by atoms with E-state index in [4.69, 9.17) is 4.74 Å². The van der Waals surface area contributed by atoms with Crippen LogP contribution in [-0.4, -0.2) is 69.3 Å². The molecule has 1 aromatic heterocycles. The van der Waals surface area contributed by atoms with Crippen molar-refractivity contribution in [2.24, 2.45) is 0 Å². The molecule has 0 aliphatic carbocycles. The van der Waals surface area contributed by atoms with Gasteiger partial charge in [0, 0.05) is 26.2 Å². The number of tetrazole rings is 1. The summed E-state index contributed by atoms with van der Waals surface area (Å²) in [5, 5.41) is 11.7. The third-order valence-corrected chi connectivity index (χ3v) is 4.22. The molecule has 2 heterocycles. The second-order valence-corrected chi connectivity index (χ2v) is 7.78. The zero-order valence-corrected chi connectivity index (χ0v) is 16.9. The molecule has 0 radical (unpaired) electrons. The standard InChI is InChI=1S/C18H23F3N6O3/c1-17(2,3)30-16(28)26-10-8-25(9-11-26)15-22-23-24-27(15)12-13-4-6-14(7-5-13)29-18(19,20)21/h4-7H,8-12H2,1-3H3. The van der Waals surface area contributed by atoms with Gasteiger partial charge in [-0.25, -0.2) is 9.48 Å². The highest BCUT2D eigenvalue weighted by atomic mass is 19.4. The predicted molar refractivity (Wildman–Crippen MR) is 100 cm³/mol. The van der Waals surface area contributed by atoms with Gasteiger partial charge in [-0.05, 0) is 48.9 Å². The number of anilines is 1. The molecule has 0 unspecified atom stereocenters. The van der Waals surface area contributed by atoms with Crippen LogP contribution in [0.3, 0.4) is 0 Å². The monoisotopic (exact) mass is 428 g/mol. The van der Waals surface area contributed by atoms with Gasteiger partial charge < -0.3 is 19.3 Å². The Labute approximate surface area is 171 Å². The minimum Gasteiger partial charge on any atom is -0.444 e. The molecule has 2 aromatic rings. The van der Waals surface area contributed by atoms with E-state index >= 15 is 0 Å². The summed E-state index contributed by atoms with van der Waals surface area (Å²) in [7, 11) is 0. The van der Waals surface area contributed by atoms with Gasteiger partial charge in [0.2, 0.25) is 5.95 Å². The first-order valence-corrected chi connectivity index (χ1v) is 9.34. The van der Waals surface area contributed by atoms with Crippen LogP contribution in [0.5, 0.6) is 5.75 Å². The predicted octanol–water partition coefficient (Wildman–Crippen LogP) is 2.68. The van der Waals surface area contributed by atoms with Crippen LogP contribution in [0.4, 0.5) is 23.9 Å². The first-order valence-electron chi connectivity index (χ1n) is 9.34. The topological polar surface area (TPSA) is 85.6 Å². The number of aromatic nitrogens is 4. The first-order chi connectivity index (χ1) is 14.0. The van der Waals surface area contributed by atoms with Crippen LogP contribution in [0.15, 0.2) is 24.3 Å². The van der Waals surface area contributed by atoms with E-state index in [2.05, 4.69) is 20.3 Å². The van der Waals surface area contributed by atoms with Crippen LogP contribution in [0.2, 0.25) is 0 Å². The quantitative estimate of drug-likeness (QED) is 0.740. The molecule has 1 amide bonds. The van der Waals surface area contributed by atoms with Crippen LogP contribution in [0, 0.1) is 0 Å². The van der Waals surface area contributed by atoms with Gasteiger partial charge in [0.25, 0.3) is 0 Å². The van der Waals surface area contributed by atoms with Gasteiger partial charge in [0.1, 0.15) is 11.4 Å². The highest BCUT2D eigenvalue weighted by molar-refractivity contribution is 5.68. The number of ether oxygens (including phenoxy) is 2. The van der Waals surface area contributed by atoms with Crippen molar-refractivity contribution in [1.82, 2.24) is 25.1 Å². The molecular formula is C18H23F3N6O3. The zero-order chi connectivity index (χ0) is 21.9. The number of carbonyl (C=O) groups is 1. The average Bonchev–Trinajstić information content (AvgIpc) is 3.09. The smallest absolute Gasteiger partial charge is 0.444 e. The first kappa shape index (κ1) is 21.7. The highest BCUT2D eigenvalue weighted by Crippen LogP contribution is 2.23. The van der Waals surface area contributed by atoms with Gasteiger partial charge in [-0.2, -0.15) is 0 Å². The van der Waals surface area contributed by atoms with Crippen LogP contribution in [0.1, 0.15) is 26.3 Å². The summed E-state index contributed by atoms with van der Waals surface area (Å²) < 4.78 is 47.6. The highest BCUT2D eigenvalue weighted by Gasteiger charge is 2.31. The molecule has 0 bridgehead atoms. The maximum Gasteiger partial charge on any atom is 0.573 e. The molecule has 0 spiro atoms. The van der Waals surface area contributed by atoms with E-state index in [0.29, 0.717) is 37.7 Å². The second-order valence-electron chi connectivity index (χ2n) is 7.78. The van der Waals surface area contributed by atoms with E-state index in [1.807, 2.05) is 25.7 Å². The van der Waals surface area contributed by atoms with Gasteiger partial charge in [-0.15, -0.1) is 13.2 Å². The number of hydrogen-bond donors (Lipinski definition) is 0. The fourth-order valence-corrected chi connectivity index (χ4v) is 2.91. The van der Waals surface area contributed by atoms with Crippen molar-refractivity contribution in [3.63, 3.8) is 0 Å². The molecule has 3 rings (SSSR count). The SMILES string of the molecule is CC(C)(C)OC(=O)N1CCN(c2nnnn2Cc2ccc(OC(F)(F)F)cc2)CC1. The number of benzene rings is 1. The molecule has 1 fully saturated rings. The van der Waals surface area contributed by atoms with Crippen molar-refractivity contribution in [2.75, 3.05) is 31.1 Å². The number of nitrogens with zero attached hydrogens (tertiary/aromatic N) is 6. The molecular weight excluding hydrogens is 405 g/mol. The number of rotatable bonds is 4.